The van der Waals surface area contributed by atoms with E-state index in [-0.39, 0.29) is 24.1 Å². The second-order valence-corrected chi connectivity index (χ2v) is 7.00. The van der Waals surface area contributed by atoms with Crippen molar-refractivity contribution in [1.82, 2.24) is 5.32 Å². The molecular weight excluding hydrogens is 333 g/mol. The molecule has 1 aliphatic heterocycles. The predicted molar refractivity (Wildman–Crippen MR) is 87.9 cm³/mol. The fourth-order valence-electron chi connectivity index (χ4n) is 3.52. The molecule has 5 unspecified atom stereocenters. The lowest BCUT2D eigenvalue weighted by Gasteiger charge is -2.30. The maximum Gasteiger partial charge on any atom is 0.127 e. The van der Waals surface area contributed by atoms with E-state index >= 15 is 0 Å². The van der Waals surface area contributed by atoms with Crippen LogP contribution in [0.3, 0.4) is 0 Å². The molecule has 1 saturated heterocycles. The van der Waals surface area contributed by atoms with Crippen LogP contribution < -0.4 is 5.32 Å². The third-order valence-corrected chi connectivity index (χ3v) is 5.20. The van der Waals surface area contributed by atoms with Gasteiger partial charge in [-0.2, -0.15) is 0 Å². The van der Waals surface area contributed by atoms with Gasteiger partial charge in [-0.1, -0.05) is 35.8 Å². The summed E-state index contributed by atoms with van der Waals surface area (Å²) < 4.78 is 20.9. The van der Waals surface area contributed by atoms with Gasteiger partial charge in [0.1, 0.15) is 5.82 Å². The number of rotatable bonds is 5. The minimum Gasteiger partial charge on any atom is -0.375 e. The summed E-state index contributed by atoms with van der Waals surface area (Å²) in [6, 6.07) is 5.56. The van der Waals surface area contributed by atoms with Crippen LogP contribution in [0.1, 0.15) is 33.3 Å². The average molecular weight is 358 g/mol. The molecule has 1 N–H and O–H groups in total. The molecule has 2 nitrogen and oxygen atoms in total. The summed E-state index contributed by atoms with van der Waals surface area (Å²) in [5.74, 6) is 0.741. The molecule has 1 aromatic carbocycles. The fraction of sp³-hybridized carbons (Fsp3) is 0.647. The minimum absolute atomic E-state index is 0.139. The fourth-order valence-corrected chi connectivity index (χ4v) is 3.85. The zero-order chi connectivity index (χ0) is 15.6. The van der Waals surface area contributed by atoms with Gasteiger partial charge in [-0.15, -0.1) is 0 Å². The Hall–Kier alpha value is -0.450. The Morgan fingerprint density at radius 2 is 2.00 bits per heavy atom. The zero-order valence-corrected chi connectivity index (χ0v) is 14.8. The molecule has 1 heterocycles. The first-order valence-electron chi connectivity index (χ1n) is 7.76. The Bertz CT molecular complexity index is 482. The van der Waals surface area contributed by atoms with Crippen molar-refractivity contribution in [2.75, 3.05) is 6.54 Å². The first kappa shape index (κ1) is 16.9. The molecule has 0 saturated carbocycles. The van der Waals surface area contributed by atoms with E-state index in [2.05, 4.69) is 48.9 Å². The summed E-state index contributed by atoms with van der Waals surface area (Å²) in [5, 5.41) is 3.54. The number of halogens is 2. The Morgan fingerprint density at radius 3 is 2.52 bits per heavy atom. The van der Waals surface area contributed by atoms with Crippen molar-refractivity contribution in [2.45, 2.75) is 52.4 Å². The molecule has 0 bridgehead atoms. The van der Waals surface area contributed by atoms with Crippen molar-refractivity contribution in [1.29, 1.82) is 0 Å². The second kappa shape index (κ2) is 7.21. The van der Waals surface area contributed by atoms with E-state index in [9.17, 15) is 4.39 Å². The molecule has 2 rings (SSSR count). The summed E-state index contributed by atoms with van der Waals surface area (Å²) in [5.41, 5.74) is 0.767. The van der Waals surface area contributed by atoms with Crippen molar-refractivity contribution in [3.8, 4) is 0 Å². The molecule has 1 aromatic rings. The highest BCUT2D eigenvalue weighted by atomic mass is 79.9. The van der Waals surface area contributed by atoms with Crippen molar-refractivity contribution in [3.05, 3.63) is 34.1 Å². The molecule has 118 valence electrons. The van der Waals surface area contributed by atoms with E-state index in [0.717, 1.165) is 16.6 Å². The van der Waals surface area contributed by atoms with Gasteiger partial charge in [-0.25, -0.2) is 4.39 Å². The first-order valence-corrected chi connectivity index (χ1v) is 8.56. The van der Waals surface area contributed by atoms with E-state index in [0.29, 0.717) is 18.3 Å². The minimum atomic E-state index is -0.139. The lowest BCUT2D eigenvalue weighted by Crippen LogP contribution is -2.43. The summed E-state index contributed by atoms with van der Waals surface area (Å²) in [6.07, 6.45) is 1.17. The van der Waals surface area contributed by atoms with Gasteiger partial charge >= 0.3 is 0 Å². The summed E-state index contributed by atoms with van der Waals surface area (Å²) in [6.45, 7) is 9.48. The zero-order valence-electron chi connectivity index (χ0n) is 13.2. The molecule has 0 aliphatic carbocycles. The lowest BCUT2D eigenvalue weighted by molar-refractivity contribution is 0.0476. The molecule has 1 aliphatic rings. The van der Waals surface area contributed by atoms with Gasteiger partial charge in [0.05, 0.1) is 12.2 Å². The third-order valence-electron chi connectivity index (χ3n) is 4.70. The van der Waals surface area contributed by atoms with Crippen LogP contribution in [0, 0.1) is 17.7 Å². The Labute approximate surface area is 135 Å². The van der Waals surface area contributed by atoms with Crippen LogP contribution in [-0.4, -0.2) is 24.8 Å². The van der Waals surface area contributed by atoms with Gasteiger partial charge in [0.25, 0.3) is 0 Å². The van der Waals surface area contributed by atoms with Gasteiger partial charge in [-0.05, 0) is 50.4 Å². The van der Waals surface area contributed by atoms with E-state index in [1.54, 1.807) is 6.07 Å². The SMILES string of the molecule is CCNC(Cc1ccc(Br)cc1F)C1C(C)OC(C)C1C. The normalized spacial score (nSPS) is 30.6. The molecular formula is C17H25BrFNO. The number of likely N-dealkylation sites (N-methyl/N-ethyl adjacent to an activating group) is 1. The highest BCUT2D eigenvalue weighted by Gasteiger charge is 2.41. The van der Waals surface area contributed by atoms with Gasteiger partial charge in [-0.3, -0.25) is 0 Å². The maximum atomic E-state index is 14.1. The van der Waals surface area contributed by atoms with Gasteiger partial charge in [0, 0.05) is 16.4 Å². The van der Waals surface area contributed by atoms with Gasteiger partial charge in [0.15, 0.2) is 0 Å². The number of nitrogens with one attached hydrogen (secondary N) is 1. The quantitative estimate of drug-likeness (QED) is 0.853. The van der Waals surface area contributed by atoms with Crippen molar-refractivity contribution >= 4 is 15.9 Å². The number of hydrogen-bond acceptors (Lipinski definition) is 2. The standard InChI is InChI=1S/C17H25BrFNO/c1-5-20-16(17-10(2)11(3)21-12(17)4)8-13-6-7-14(18)9-15(13)19/h6-7,9-12,16-17,20H,5,8H2,1-4H3. The molecule has 0 spiro atoms. The molecule has 0 radical (unpaired) electrons. The van der Waals surface area contributed by atoms with E-state index < -0.39 is 0 Å². The molecule has 21 heavy (non-hydrogen) atoms. The van der Waals surface area contributed by atoms with Crippen LogP contribution in [0.15, 0.2) is 22.7 Å². The Balaban J connectivity index is 2.19. The average Bonchev–Trinajstić information content (AvgIpc) is 2.66. The van der Waals surface area contributed by atoms with Gasteiger partial charge < -0.3 is 10.1 Å². The first-order chi connectivity index (χ1) is 9.93. The van der Waals surface area contributed by atoms with E-state index in [4.69, 9.17) is 4.74 Å². The van der Waals surface area contributed by atoms with Crippen LogP contribution in [0.25, 0.3) is 0 Å². The summed E-state index contributed by atoms with van der Waals surface area (Å²) in [7, 11) is 0. The monoisotopic (exact) mass is 357 g/mol. The van der Waals surface area contributed by atoms with E-state index in [1.165, 1.54) is 0 Å². The van der Waals surface area contributed by atoms with Gasteiger partial charge in [0.2, 0.25) is 0 Å². The van der Waals surface area contributed by atoms with Crippen LogP contribution in [0.5, 0.6) is 0 Å². The number of ether oxygens (including phenoxy) is 1. The Kier molecular flexibility index (Phi) is 5.81. The summed E-state index contributed by atoms with van der Waals surface area (Å²) >= 11 is 3.31. The van der Waals surface area contributed by atoms with Crippen LogP contribution in [0.2, 0.25) is 0 Å². The summed E-state index contributed by atoms with van der Waals surface area (Å²) in [4.78, 5) is 0. The van der Waals surface area contributed by atoms with Crippen molar-refractivity contribution in [2.24, 2.45) is 11.8 Å². The van der Waals surface area contributed by atoms with E-state index in [1.807, 2.05) is 12.1 Å². The molecule has 4 heteroatoms. The van der Waals surface area contributed by atoms with Crippen LogP contribution >= 0.6 is 15.9 Å². The topological polar surface area (TPSA) is 21.3 Å². The molecule has 0 amide bonds. The second-order valence-electron chi connectivity index (χ2n) is 6.09. The molecule has 0 aromatic heterocycles. The van der Waals surface area contributed by atoms with Crippen molar-refractivity contribution in [3.63, 3.8) is 0 Å². The maximum absolute atomic E-state index is 14.1. The number of benzene rings is 1. The molecule has 1 fully saturated rings. The smallest absolute Gasteiger partial charge is 0.127 e. The highest BCUT2D eigenvalue weighted by molar-refractivity contribution is 9.10. The third kappa shape index (κ3) is 3.85. The molecule has 5 atom stereocenters. The lowest BCUT2D eigenvalue weighted by atomic mass is 9.81. The highest BCUT2D eigenvalue weighted by Crippen LogP contribution is 2.35. The van der Waals surface area contributed by atoms with Crippen LogP contribution in [0.4, 0.5) is 4.39 Å². The largest absolute Gasteiger partial charge is 0.375 e. The Morgan fingerprint density at radius 1 is 1.29 bits per heavy atom. The van der Waals surface area contributed by atoms with Crippen molar-refractivity contribution < 1.29 is 9.13 Å². The number of hydrogen-bond donors (Lipinski definition) is 1. The van der Waals surface area contributed by atoms with Crippen LogP contribution in [-0.2, 0) is 11.2 Å². The predicted octanol–water partition coefficient (Wildman–Crippen LogP) is 4.17.